The van der Waals surface area contributed by atoms with Crippen molar-refractivity contribution in [2.24, 2.45) is 0 Å². The fourth-order valence-electron chi connectivity index (χ4n) is 0.837. The maximum absolute atomic E-state index is 11.0. The third-order valence-electron chi connectivity index (χ3n) is 1.68. The highest BCUT2D eigenvalue weighted by atomic mass is 32.2. The molecule has 0 aliphatic carbocycles. The second-order valence-electron chi connectivity index (χ2n) is 2.84. The second-order valence-corrected chi connectivity index (χ2v) is 4.93. The van der Waals surface area contributed by atoms with Crippen LogP contribution in [0.3, 0.4) is 0 Å². The Bertz CT molecular complexity index is 361. The van der Waals surface area contributed by atoms with E-state index in [1.54, 1.807) is 18.3 Å². The molecule has 0 aromatic carbocycles. The minimum Gasteiger partial charge on any atom is -0.260 e. The molecule has 0 radical (unpaired) electrons. The molecule has 1 rings (SSSR count). The summed E-state index contributed by atoms with van der Waals surface area (Å²) in [7, 11) is -1.58. The molecule has 5 heteroatoms. The summed E-state index contributed by atoms with van der Waals surface area (Å²) in [5, 5.41) is 0. The van der Waals surface area contributed by atoms with Crippen LogP contribution in [0.15, 0.2) is 24.4 Å². The molecule has 0 aliphatic heterocycles. The Kier molecular flexibility index (Phi) is 3.00. The van der Waals surface area contributed by atoms with Crippen molar-refractivity contribution in [3.05, 3.63) is 30.1 Å². The molecule has 1 aromatic rings. The van der Waals surface area contributed by atoms with E-state index in [2.05, 4.69) is 4.98 Å². The van der Waals surface area contributed by atoms with E-state index >= 15 is 0 Å². The first-order chi connectivity index (χ1) is 6.00. The van der Waals surface area contributed by atoms with Crippen molar-refractivity contribution in [1.29, 1.82) is 0 Å². The minimum atomic E-state index is -3.11. The number of hydrogen-bond acceptors (Lipinski definition) is 3. The molecule has 0 N–H and O–H groups in total. The zero-order valence-electron chi connectivity index (χ0n) is 7.64. The Morgan fingerprint density at radius 3 is 2.62 bits per heavy atom. The van der Waals surface area contributed by atoms with Gasteiger partial charge in [0.2, 0.25) is 10.0 Å². The zero-order chi connectivity index (χ0) is 9.90. The molecule has 0 saturated heterocycles. The number of sulfonamides is 1. The van der Waals surface area contributed by atoms with Gasteiger partial charge in [-0.1, -0.05) is 6.07 Å². The Labute approximate surface area is 78.3 Å². The number of hydrogen-bond donors (Lipinski definition) is 0. The first-order valence-corrected chi connectivity index (χ1v) is 5.66. The van der Waals surface area contributed by atoms with Crippen molar-refractivity contribution in [3.8, 4) is 0 Å². The highest BCUT2D eigenvalue weighted by Crippen LogP contribution is 2.01. The normalized spacial score (nSPS) is 11.9. The summed E-state index contributed by atoms with van der Waals surface area (Å²) >= 11 is 0. The Morgan fingerprint density at radius 2 is 2.15 bits per heavy atom. The summed E-state index contributed by atoms with van der Waals surface area (Å²) in [5.74, 6) is 0. The molecule has 1 heterocycles. The average molecular weight is 200 g/mol. The number of aromatic nitrogens is 1. The van der Waals surface area contributed by atoms with Crippen LogP contribution < -0.4 is 0 Å². The Morgan fingerprint density at radius 1 is 1.46 bits per heavy atom. The molecular formula is C8H12N2O2S. The largest absolute Gasteiger partial charge is 0.260 e. The molecular weight excluding hydrogens is 188 g/mol. The van der Waals surface area contributed by atoms with Gasteiger partial charge in [-0.3, -0.25) is 4.98 Å². The van der Waals surface area contributed by atoms with Crippen molar-refractivity contribution in [3.63, 3.8) is 0 Å². The van der Waals surface area contributed by atoms with E-state index in [1.807, 2.05) is 6.07 Å². The van der Waals surface area contributed by atoms with E-state index in [1.165, 1.54) is 17.6 Å². The van der Waals surface area contributed by atoms with Crippen molar-refractivity contribution >= 4 is 10.0 Å². The average Bonchev–Trinajstić information content (AvgIpc) is 2.04. The molecule has 1 aromatic heterocycles. The maximum atomic E-state index is 11.0. The third kappa shape index (κ3) is 3.12. The van der Waals surface area contributed by atoms with E-state index in [4.69, 9.17) is 0 Å². The van der Waals surface area contributed by atoms with Gasteiger partial charge in [0, 0.05) is 13.2 Å². The van der Waals surface area contributed by atoms with Gasteiger partial charge in [0.25, 0.3) is 0 Å². The number of pyridine rings is 1. The maximum Gasteiger partial charge on any atom is 0.211 e. The lowest BCUT2D eigenvalue weighted by Gasteiger charge is -2.12. The summed E-state index contributed by atoms with van der Waals surface area (Å²) in [4.78, 5) is 4.03. The van der Waals surface area contributed by atoms with Gasteiger partial charge >= 0.3 is 0 Å². The first-order valence-electron chi connectivity index (χ1n) is 3.81. The molecule has 72 valence electrons. The molecule has 0 saturated carbocycles. The molecule has 13 heavy (non-hydrogen) atoms. The lowest BCUT2D eigenvalue weighted by Crippen LogP contribution is -2.25. The fourth-order valence-corrected chi connectivity index (χ4v) is 1.20. The summed E-state index contributed by atoms with van der Waals surface area (Å²) in [6.07, 6.45) is 2.82. The van der Waals surface area contributed by atoms with Crippen LogP contribution in [0.4, 0.5) is 0 Å². The smallest absolute Gasteiger partial charge is 0.211 e. The van der Waals surface area contributed by atoms with E-state index < -0.39 is 10.0 Å². The SMILES string of the molecule is CN(Cc1ccccn1)S(C)(=O)=O. The van der Waals surface area contributed by atoms with E-state index in [9.17, 15) is 8.42 Å². The molecule has 0 unspecified atom stereocenters. The van der Waals surface area contributed by atoms with Crippen LogP contribution in [0.1, 0.15) is 5.69 Å². The van der Waals surface area contributed by atoms with Crippen LogP contribution in [0.25, 0.3) is 0 Å². The van der Waals surface area contributed by atoms with Gasteiger partial charge in [-0.25, -0.2) is 8.42 Å². The molecule has 0 atom stereocenters. The standard InChI is InChI=1S/C8H12N2O2S/c1-10(13(2,11)12)7-8-5-3-4-6-9-8/h3-6H,7H2,1-2H3. The van der Waals surface area contributed by atoms with Crippen molar-refractivity contribution < 1.29 is 8.42 Å². The van der Waals surface area contributed by atoms with Crippen molar-refractivity contribution in [2.45, 2.75) is 6.54 Å². The number of rotatable bonds is 3. The summed E-state index contributed by atoms with van der Waals surface area (Å²) in [5.41, 5.74) is 0.746. The number of nitrogens with zero attached hydrogens (tertiary/aromatic N) is 2. The molecule has 0 bridgehead atoms. The first kappa shape index (κ1) is 10.1. The molecule has 4 nitrogen and oxygen atoms in total. The lowest BCUT2D eigenvalue weighted by atomic mass is 10.3. The van der Waals surface area contributed by atoms with E-state index in [-0.39, 0.29) is 0 Å². The van der Waals surface area contributed by atoms with Crippen LogP contribution in [0.5, 0.6) is 0 Å². The van der Waals surface area contributed by atoms with Crippen LogP contribution in [-0.2, 0) is 16.6 Å². The summed E-state index contributed by atoms with van der Waals surface area (Å²) in [6, 6.07) is 5.42. The van der Waals surface area contributed by atoms with Crippen molar-refractivity contribution in [2.75, 3.05) is 13.3 Å². The van der Waals surface area contributed by atoms with E-state index in [0.29, 0.717) is 6.54 Å². The second kappa shape index (κ2) is 3.85. The predicted molar refractivity (Wildman–Crippen MR) is 50.5 cm³/mol. The molecule has 0 amide bonds. The quantitative estimate of drug-likeness (QED) is 0.712. The Hall–Kier alpha value is -0.940. The third-order valence-corrected chi connectivity index (χ3v) is 2.94. The van der Waals surface area contributed by atoms with Gasteiger partial charge in [-0.2, -0.15) is 4.31 Å². The Balaban J connectivity index is 2.72. The molecule has 0 aliphatic rings. The van der Waals surface area contributed by atoms with Gasteiger partial charge in [0.05, 0.1) is 18.5 Å². The van der Waals surface area contributed by atoms with Crippen LogP contribution in [0.2, 0.25) is 0 Å². The predicted octanol–water partition coefficient (Wildman–Crippen LogP) is 0.473. The summed E-state index contributed by atoms with van der Waals surface area (Å²) < 4.78 is 23.3. The highest BCUT2D eigenvalue weighted by molar-refractivity contribution is 7.88. The zero-order valence-corrected chi connectivity index (χ0v) is 8.45. The lowest BCUT2D eigenvalue weighted by molar-refractivity contribution is 0.467. The fraction of sp³-hybridized carbons (Fsp3) is 0.375. The van der Waals surface area contributed by atoms with Crippen LogP contribution >= 0.6 is 0 Å². The van der Waals surface area contributed by atoms with Gasteiger partial charge in [-0.15, -0.1) is 0 Å². The van der Waals surface area contributed by atoms with E-state index in [0.717, 1.165) is 5.69 Å². The highest BCUT2D eigenvalue weighted by Gasteiger charge is 2.10. The summed E-state index contributed by atoms with van der Waals surface area (Å²) in [6.45, 7) is 0.319. The van der Waals surface area contributed by atoms with Crippen LogP contribution in [0, 0.1) is 0 Å². The molecule has 0 spiro atoms. The minimum absolute atomic E-state index is 0.319. The van der Waals surface area contributed by atoms with Gasteiger partial charge in [0.15, 0.2) is 0 Å². The van der Waals surface area contributed by atoms with Gasteiger partial charge in [-0.05, 0) is 12.1 Å². The molecule has 0 fully saturated rings. The van der Waals surface area contributed by atoms with Crippen LogP contribution in [-0.4, -0.2) is 31.0 Å². The van der Waals surface area contributed by atoms with Gasteiger partial charge in [0.1, 0.15) is 0 Å². The topological polar surface area (TPSA) is 50.3 Å². The van der Waals surface area contributed by atoms with Crippen molar-refractivity contribution in [1.82, 2.24) is 9.29 Å². The monoisotopic (exact) mass is 200 g/mol. The van der Waals surface area contributed by atoms with Gasteiger partial charge < -0.3 is 0 Å².